The zero-order chi connectivity index (χ0) is 14.8. The number of pyridine rings is 1. The third-order valence-electron chi connectivity index (χ3n) is 3.29. The fourth-order valence-electron chi connectivity index (χ4n) is 2.24. The fourth-order valence-corrected chi connectivity index (χ4v) is 2.24. The Balaban J connectivity index is 1.95. The van der Waals surface area contributed by atoms with Crippen molar-refractivity contribution in [2.75, 3.05) is 0 Å². The van der Waals surface area contributed by atoms with E-state index >= 15 is 0 Å². The van der Waals surface area contributed by atoms with Crippen LogP contribution in [0.25, 0.3) is 10.8 Å². The predicted octanol–water partition coefficient (Wildman–Crippen LogP) is 2.66. The Bertz CT molecular complexity index is 766. The van der Waals surface area contributed by atoms with Crippen molar-refractivity contribution in [1.29, 1.82) is 0 Å². The molecule has 0 unspecified atom stereocenters. The number of rotatable bonds is 4. The maximum absolute atomic E-state index is 5.88. The third kappa shape index (κ3) is 2.57. The molecule has 2 aromatic heterocycles. The standard InChI is InChI=1S/C15H17N5O/c1-3-20-14(10(2)16)18-19-15(20)21-13-5-4-11-6-7-17-9-12(11)8-13/h4-10H,3,16H2,1-2H3/t10-/m1/s1. The van der Waals surface area contributed by atoms with Crippen LogP contribution in [0.3, 0.4) is 0 Å². The van der Waals surface area contributed by atoms with Crippen LogP contribution >= 0.6 is 0 Å². The van der Waals surface area contributed by atoms with E-state index in [1.54, 1.807) is 12.4 Å². The molecule has 0 saturated heterocycles. The van der Waals surface area contributed by atoms with Crippen LogP contribution in [0.1, 0.15) is 25.7 Å². The monoisotopic (exact) mass is 283 g/mol. The summed E-state index contributed by atoms with van der Waals surface area (Å²) in [5.74, 6) is 1.42. The minimum atomic E-state index is -0.185. The molecule has 1 atom stereocenters. The molecular weight excluding hydrogens is 266 g/mol. The first-order valence-corrected chi connectivity index (χ1v) is 6.89. The lowest BCUT2D eigenvalue weighted by Gasteiger charge is -2.10. The smallest absolute Gasteiger partial charge is 0.322 e. The molecule has 108 valence electrons. The van der Waals surface area contributed by atoms with Gasteiger partial charge in [-0.05, 0) is 37.4 Å². The van der Waals surface area contributed by atoms with E-state index in [0.29, 0.717) is 18.3 Å². The molecule has 0 aliphatic rings. The van der Waals surface area contributed by atoms with Crippen LogP contribution in [0.4, 0.5) is 0 Å². The van der Waals surface area contributed by atoms with Crippen molar-refractivity contribution < 1.29 is 4.74 Å². The molecule has 3 aromatic rings. The van der Waals surface area contributed by atoms with E-state index < -0.39 is 0 Å². The summed E-state index contributed by atoms with van der Waals surface area (Å²) in [5.41, 5.74) is 5.88. The molecule has 0 aliphatic heterocycles. The van der Waals surface area contributed by atoms with Crippen molar-refractivity contribution in [3.8, 4) is 11.8 Å². The molecule has 0 aliphatic carbocycles. The van der Waals surface area contributed by atoms with Crippen molar-refractivity contribution in [2.24, 2.45) is 5.73 Å². The lowest BCUT2D eigenvalue weighted by molar-refractivity contribution is 0.409. The molecule has 0 bridgehead atoms. The van der Waals surface area contributed by atoms with Gasteiger partial charge in [0.1, 0.15) is 5.75 Å². The number of ether oxygens (including phenoxy) is 1. The summed E-state index contributed by atoms with van der Waals surface area (Å²) in [6.07, 6.45) is 3.58. The van der Waals surface area contributed by atoms with Gasteiger partial charge >= 0.3 is 6.01 Å². The summed E-state index contributed by atoms with van der Waals surface area (Å²) in [7, 11) is 0. The van der Waals surface area contributed by atoms with Crippen LogP contribution < -0.4 is 10.5 Å². The van der Waals surface area contributed by atoms with E-state index in [9.17, 15) is 0 Å². The van der Waals surface area contributed by atoms with E-state index in [-0.39, 0.29) is 6.04 Å². The van der Waals surface area contributed by atoms with Gasteiger partial charge in [-0.3, -0.25) is 9.55 Å². The Morgan fingerprint density at radius 2 is 2.10 bits per heavy atom. The predicted molar refractivity (Wildman–Crippen MR) is 80.1 cm³/mol. The van der Waals surface area contributed by atoms with Gasteiger partial charge in [0.2, 0.25) is 0 Å². The number of fused-ring (bicyclic) bond motifs is 1. The van der Waals surface area contributed by atoms with Crippen LogP contribution in [0.5, 0.6) is 11.8 Å². The van der Waals surface area contributed by atoms with Gasteiger partial charge in [0.25, 0.3) is 0 Å². The molecule has 0 spiro atoms. The maximum Gasteiger partial charge on any atom is 0.322 e. The van der Waals surface area contributed by atoms with Gasteiger partial charge in [-0.15, -0.1) is 5.10 Å². The van der Waals surface area contributed by atoms with Gasteiger partial charge in [0.15, 0.2) is 5.82 Å². The van der Waals surface area contributed by atoms with Crippen LogP contribution in [0, 0.1) is 0 Å². The van der Waals surface area contributed by atoms with Gasteiger partial charge in [0, 0.05) is 24.3 Å². The Hall–Kier alpha value is -2.47. The second kappa shape index (κ2) is 5.49. The molecule has 0 fully saturated rings. The largest absolute Gasteiger partial charge is 0.424 e. The number of hydrogen-bond donors (Lipinski definition) is 1. The van der Waals surface area contributed by atoms with Gasteiger partial charge in [0.05, 0.1) is 6.04 Å². The summed E-state index contributed by atoms with van der Waals surface area (Å²) >= 11 is 0. The number of nitrogens with zero attached hydrogens (tertiary/aromatic N) is 4. The van der Waals surface area contributed by atoms with E-state index in [2.05, 4.69) is 15.2 Å². The highest BCUT2D eigenvalue weighted by Gasteiger charge is 2.15. The van der Waals surface area contributed by atoms with E-state index in [0.717, 1.165) is 16.6 Å². The first kappa shape index (κ1) is 13.5. The lowest BCUT2D eigenvalue weighted by atomic mass is 10.2. The van der Waals surface area contributed by atoms with Gasteiger partial charge in [-0.2, -0.15) is 0 Å². The summed E-state index contributed by atoms with van der Waals surface area (Å²) < 4.78 is 7.72. The normalized spacial score (nSPS) is 12.5. The van der Waals surface area contributed by atoms with Crippen molar-refractivity contribution in [3.63, 3.8) is 0 Å². The number of hydrogen-bond acceptors (Lipinski definition) is 5. The topological polar surface area (TPSA) is 78.8 Å². The molecule has 3 rings (SSSR count). The third-order valence-corrected chi connectivity index (χ3v) is 3.29. The highest BCUT2D eigenvalue weighted by atomic mass is 16.5. The van der Waals surface area contributed by atoms with E-state index in [4.69, 9.17) is 10.5 Å². The Labute approximate surface area is 122 Å². The average Bonchev–Trinajstić information content (AvgIpc) is 2.90. The molecule has 21 heavy (non-hydrogen) atoms. The lowest BCUT2D eigenvalue weighted by Crippen LogP contribution is -2.13. The fraction of sp³-hybridized carbons (Fsp3) is 0.267. The number of aromatic nitrogens is 4. The molecule has 6 heteroatoms. The summed E-state index contributed by atoms with van der Waals surface area (Å²) in [4.78, 5) is 4.12. The zero-order valence-electron chi connectivity index (χ0n) is 12.0. The summed E-state index contributed by atoms with van der Waals surface area (Å²) in [6.45, 7) is 4.59. The quantitative estimate of drug-likeness (QED) is 0.796. The molecule has 0 saturated carbocycles. The zero-order valence-corrected chi connectivity index (χ0v) is 12.0. The van der Waals surface area contributed by atoms with Crippen molar-refractivity contribution in [1.82, 2.24) is 19.7 Å². The highest BCUT2D eigenvalue weighted by Crippen LogP contribution is 2.25. The Kier molecular flexibility index (Phi) is 3.53. The molecule has 1 aromatic carbocycles. The molecular formula is C15H17N5O. The van der Waals surface area contributed by atoms with Crippen LogP contribution in [-0.4, -0.2) is 19.7 Å². The molecule has 0 radical (unpaired) electrons. The SMILES string of the molecule is CCn1c(Oc2ccc3ccncc3c2)nnc1[C@@H](C)N. The highest BCUT2D eigenvalue weighted by molar-refractivity contribution is 5.82. The van der Waals surface area contributed by atoms with Crippen LogP contribution in [0.2, 0.25) is 0 Å². The minimum absolute atomic E-state index is 0.185. The van der Waals surface area contributed by atoms with Gasteiger partial charge in [-0.1, -0.05) is 11.2 Å². The molecule has 0 amide bonds. The van der Waals surface area contributed by atoms with Crippen LogP contribution in [-0.2, 0) is 6.54 Å². The molecule has 2 heterocycles. The van der Waals surface area contributed by atoms with Crippen molar-refractivity contribution in [2.45, 2.75) is 26.4 Å². The van der Waals surface area contributed by atoms with Gasteiger partial charge in [-0.25, -0.2) is 0 Å². The van der Waals surface area contributed by atoms with Crippen molar-refractivity contribution in [3.05, 3.63) is 42.5 Å². The number of benzene rings is 1. The first-order valence-electron chi connectivity index (χ1n) is 6.89. The summed E-state index contributed by atoms with van der Waals surface area (Å²) in [5, 5.41) is 10.3. The van der Waals surface area contributed by atoms with E-state index in [1.165, 1.54) is 0 Å². The van der Waals surface area contributed by atoms with Gasteiger partial charge < -0.3 is 10.5 Å². The maximum atomic E-state index is 5.88. The Morgan fingerprint density at radius 1 is 1.24 bits per heavy atom. The summed E-state index contributed by atoms with van der Waals surface area (Å²) in [6, 6.07) is 8.06. The van der Waals surface area contributed by atoms with Crippen molar-refractivity contribution >= 4 is 10.8 Å². The second-order valence-corrected chi connectivity index (χ2v) is 4.86. The average molecular weight is 283 g/mol. The Morgan fingerprint density at radius 3 is 2.86 bits per heavy atom. The first-order chi connectivity index (χ1) is 10.2. The molecule has 6 nitrogen and oxygen atoms in total. The second-order valence-electron chi connectivity index (χ2n) is 4.86. The number of nitrogens with two attached hydrogens (primary N) is 1. The minimum Gasteiger partial charge on any atom is -0.424 e. The molecule has 2 N–H and O–H groups in total. The van der Waals surface area contributed by atoms with E-state index in [1.807, 2.05) is 42.7 Å². The van der Waals surface area contributed by atoms with Crippen LogP contribution in [0.15, 0.2) is 36.7 Å².